The van der Waals surface area contributed by atoms with E-state index in [9.17, 15) is 38.9 Å². The van der Waals surface area contributed by atoms with Gasteiger partial charge in [0.25, 0.3) is 5.56 Å². The third-order valence-electron chi connectivity index (χ3n) is 9.57. The third-order valence-corrected chi connectivity index (χ3v) is 9.57. The molecule has 3 fully saturated rings. The zero-order chi connectivity index (χ0) is 27.6. The van der Waals surface area contributed by atoms with Gasteiger partial charge in [0.15, 0.2) is 17.2 Å². The van der Waals surface area contributed by atoms with E-state index in [4.69, 9.17) is 0 Å². The van der Waals surface area contributed by atoms with Gasteiger partial charge in [-0.1, -0.05) is 25.5 Å². The molecule has 0 aromatic carbocycles. The summed E-state index contributed by atoms with van der Waals surface area (Å²) in [5, 5.41) is 32.0. The number of carbonyl (C=O) groups excluding carboxylic acids is 2. The fourth-order valence-electron chi connectivity index (χ4n) is 7.65. The number of allylic oxidation sites excluding steroid dienone is 4. The van der Waals surface area contributed by atoms with Crippen molar-refractivity contribution in [2.45, 2.75) is 63.8 Å². The van der Waals surface area contributed by atoms with E-state index >= 15 is 4.39 Å². The van der Waals surface area contributed by atoms with Crippen molar-refractivity contribution in [3.05, 3.63) is 56.7 Å². The van der Waals surface area contributed by atoms with Crippen LogP contribution in [0, 0.1) is 34.4 Å². The van der Waals surface area contributed by atoms with E-state index in [1.165, 1.54) is 12.2 Å². The number of nitrogens with one attached hydrogen (secondary N) is 2. The molecule has 8 atom stereocenters. The SMILES string of the molecule is C[C@@H]1C[C@H]2[C@@H]3CCC4=CC(=O)C=C[C@]4(C)[C@@]3(F)[C@@H](O)C[C@]2(C)[C@@]1(O)C(=O)CO.O=c1[nH]cc(F)c(=O)[nH]1. The summed E-state index contributed by atoms with van der Waals surface area (Å²) in [6.07, 6.45) is 5.15. The van der Waals surface area contributed by atoms with Crippen molar-refractivity contribution in [1.29, 1.82) is 0 Å². The van der Waals surface area contributed by atoms with Crippen LogP contribution in [0.3, 0.4) is 0 Å². The number of aliphatic hydroxyl groups is 3. The van der Waals surface area contributed by atoms with Crippen molar-refractivity contribution in [2.24, 2.45) is 28.6 Å². The number of ketones is 2. The highest BCUT2D eigenvalue weighted by Crippen LogP contribution is 2.70. The lowest BCUT2D eigenvalue weighted by Crippen LogP contribution is -2.69. The summed E-state index contributed by atoms with van der Waals surface area (Å²) in [5.74, 6) is -3.11. The highest BCUT2D eigenvalue weighted by Gasteiger charge is 2.75. The fourth-order valence-corrected chi connectivity index (χ4v) is 7.65. The summed E-state index contributed by atoms with van der Waals surface area (Å²) in [5.41, 5.74) is -6.88. The first kappa shape index (κ1) is 27.3. The standard InChI is InChI=1S/C22H29FO5.C4H3FN2O2/c1-12-8-16-15-5-4-13-9-14(25)6-7-19(13,2)21(15,23)17(26)10-20(16,3)22(12,28)18(27)11-24;5-2-1-6-4(9)7-3(2)8/h6-7,9,12,15-17,24,26,28H,4-5,8,10-11H2,1-3H3;1H,(H2,6,7,8,9)/t12-,15+,16+,17+,19+,20+,21+,22+;/m1./s1. The van der Waals surface area contributed by atoms with E-state index in [1.807, 2.05) is 4.98 Å². The Labute approximate surface area is 211 Å². The highest BCUT2D eigenvalue weighted by atomic mass is 19.1. The average Bonchev–Trinajstić information content (AvgIpc) is 3.04. The number of fused-ring (bicyclic) bond motifs is 5. The van der Waals surface area contributed by atoms with Gasteiger partial charge in [-0.05, 0) is 56.6 Å². The Morgan fingerprint density at radius 2 is 1.89 bits per heavy atom. The molecule has 4 aliphatic carbocycles. The molecule has 202 valence electrons. The van der Waals surface area contributed by atoms with E-state index in [1.54, 1.807) is 31.8 Å². The van der Waals surface area contributed by atoms with Gasteiger partial charge in [-0.25, -0.2) is 9.18 Å². The van der Waals surface area contributed by atoms with E-state index in [2.05, 4.69) is 0 Å². The number of halogens is 2. The number of hydrogen-bond acceptors (Lipinski definition) is 7. The van der Waals surface area contributed by atoms with E-state index < -0.39 is 69.5 Å². The second-order valence-corrected chi connectivity index (χ2v) is 11.2. The van der Waals surface area contributed by atoms with E-state index in [-0.39, 0.29) is 18.1 Å². The Hall–Kier alpha value is -2.76. The maximum atomic E-state index is 16.9. The summed E-state index contributed by atoms with van der Waals surface area (Å²) in [6, 6.07) is 0. The quantitative estimate of drug-likeness (QED) is 0.389. The molecule has 0 amide bonds. The molecule has 0 bridgehead atoms. The molecule has 1 aromatic rings. The number of Topliss-reactive ketones (excluding diaryl/α,β-unsaturated/α-hetero) is 1. The van der Waals surface area contributed by atoms with Crippen molar-refractivity contribution in [2.75, 3.05) is 6.61 Å². The number of aromatic nitrogens is 2. The number of rotatable bonds is 2. The molecule has 1 aromatic heterocycles. The van der Waals surface area contributed by atoms with Gasteiger partial charge < -0.3 is 20.3 Å². The molecule has 0 saturated heterocycles. The van der Waals surface area contributed by atoms with Crippen LogP contribution >= 0.6 is 0 Å². The molecule has 3 saturated carbocycles. The van der Waals surface area contributed by atoms with Crippen LogP contribution in [0.5, 0.6) is 0 Å². The lowest BCUT2D eigenvalue weighted by Gasteiger charge is -2.62. The van der Waals surface area contributed by atoms with Crippen LogP contribution < -0.4 is 11.2 Å². The molecule has 4 aliphatic rings. The summed E-state index contributed by atoms with van der Waals surface area (Å²) in [4.78, 5) is 48.4. The average molecular weight is 523 g/mol. The molecular weight excluding hydrogens is 490 g/mol. The van der Waals surface area contributed by atoms with Crippen LogP contribution in [0.25, 0.3) is 0 Å². The van der Waals surface area contributed by atoms with Gasteiger partial charge in [-0.2, -0.15) is 4.39 Å². The first-order valence-corrected chi connectivity index (χ1v) is 12.3. The van der Waals surface area contributed by atoms with Crippen LogP contribution in [0.4, 0.5) is 8.78 Å². The number of hydrogen-bond donors (Lipinski definition) is 5. The first-order chi connectivity index (χ1) is 17.2. The maximum Gasteiger partial charge on any atom is 0.325 e. The number of alkyl halides is 1. The minimum atomic E-state index is -1.98. The van der Waals surface area contributed by atoms with Gasteiger partial charge in [0.05, 0.1) is 6.10 Å². The molecule has 0 aliphatic heterocycles. The molecule has 0 spiro atoms. The van der Waals surface area contributed by atoms with Crippen molar-refractivity contribution in [1.82, 2.24) is 9.97 Å². The molecule has 5 rings (SSSR count). The zero-order valence-corrected chi connectivity index (χ0v) is 20.9. The van der Waals surface area contributed by atoms with Crippen molar-refractivity contribution < 1.29 is 33.7 Å². The van der Waals surface area contributed by atoms with Gasteiger partial charge in [-0.15, -0.1) is 0 Å². The Morgan fingerprint density at radius 3 is 2.49 bits per heavy atom. The predicted octanol–water partition coefficient (Wildman–Crippen LogP) is 1.10. The number of H-pyrrole nitrogens is 2. The molecule has 0 radical (unpaired) electrons. The maximum absolute atomic E-state index is 16.9. The second kappa shape index (κ2) is 8.92. The topological polar surface area (TPSA) is 161 Å². The van der Waals surface area contributed by atoms with Gasteiger partial charge >= 0.3 is 5.69 Å². The second-order valence-electron chi connectivity index (χ2n) is 11.2. The Morgan fingerprint density at radius 1 is 1.22 bits per heavy atom. The Kier molecular flexibility index (Phi) is 6.58. The van der Waals surface area contributed by atoms with Gasteiger partial charge in [0, 0.05) is 22.9 Å². The van der Waals surface area contributed by atoms with Crippen LogP contribution in [0.2, 0.25) is 0 Å². The smallest absolute Gasteiger partial charge is 0.325 e. The monoisotopic (exact) mass is 522 g/mol. The van der Waals surface area contributed by atoms with Crippen molar-refractivity contribution in [3.8, 4) is 0 Å². The van der Waals surface area contributed by atoms with Gasteiger partial charge in [0.1, 0.15) is 12.2 Å². The number of aliphatic hydroxyl groups excluding tert-OH is 2. The normalized spacial score (nSPS) is 42.1. The lowest BCUT2D eigenvalue weighted by molar-refractivity contribution is -0.219. The Bertz CT molecular complexity index is 1300. The van der Waals surface area contributed by atoms with E-state index in [0.717, 1.165) is 0 Å². The molecule has 37 heavy (non-hydrogen) atoms. The summed E-state index contributed by atoms with van der Waals surface area (Å²) in [6.45, 7) is 4.48. The summed E-state index contributed by atoms with van der Waals surface area (Å²) >= 11 is 0. The zero-order valence-electron chi connectivity index (χ0n) is 20.9. The summed E-state index contributed by atoms with van der Waals surface area (Å²) in [7, 11) is 0. The van der Waals surface area contributed by atoms with Crippen LogP contribution in [-0.2, 0) is 9.59 Å². The van der Waals surface area contributed by atoms with Gasteiger partial charge in [0.2, 0.25) is 5.82 Å². The van der Waals surface area contributed by atoms with Crippen LogP contribution in [0.15, 0.2) is 39.6 Å². The highest BCUT2D eigenvalue weighted by molar-refractivity contribution is 6.01. The fraction of sp³-hybridized carbons (Fsp3) is 0.615. The van der Waals surface area contributed by atoms with Crippen LogP contribution in [0.1, 0.15) is 46.5 Å². The van der Waals surface area contributed by atoms with E-state index in [0.29, 0.717) is 31.0 Å². The Balaban J connectivity index is 0.000000301. The predicted molar refractivity (Wildman–Crippen MR) is 128 cm³/mol. The van der Waals surface area contributed by atoms with Crippen molar-refractivity contribution >= 4 is 11.6 Å². The third kappa shape index (κ3) is 3.65. The molecule has 0 unspecified atom stereocenters. The lowest BCUT2D eigenvalue weighted by atomic mass is 9.44. The summed E-state index contributed by atoms with van der Waals surface area (Å²) < 4.78 is 28.8. The molecule has 9 nitrogen and oxygen atoms in total. The minimum absolute atomic E-state index is 0.0676. The molecule has 11 heteroatoms. The molecular formula is C26H32F2N2O7. The number of carbonyl (C=O) groups is 2. The first-order valence-electron chi connectivity index (χ1n) is 12.3. The minimum Gasteiger partial charge on any atom is -0.390 e. The number of aromatic amines is 2. The molecule has 5 N–H and O–H groups in total. The molecule has 1 heterocycles. The van der Waals surface area contributed by atoms with Gasteiger partial charge in [-0.3, -0.25) is 19.4 Å². The largest absolute Gasteiger partial charge is 0.390 e. The van der Waals surface area contributed by atoms with Crippen molar-refractivity contribution in [3.63, 3.8) is 0 Å². The van der Waals surface area contributed by atoms with Crippen LogP contribution in [-0.4, -0.2) is 60.8 Å².